The molecule has 1 heterocycles. The van der Waals surface area contributed by atoms with Gasteiger partial charge in [0.25, 0.3) is 11.7 Å². The molecule has 1 saturated carbocycles. The number of sulfonamides is 1. The van der Waals surface area contributed by atoms with Crippen molar-refractivity contribution in [2.75, 3.05) is 73.1 Å². The Kier molecular flexibility index (Phi) is 16.5. The number of carboxylic acid groups (broad SMARTS) is 1. The molecule has 1 aromatic heterocycles. The molecule has 0 unspecified atom stereocenters. The third-order valence-corrected chi connectivity index (χ3v) is 10.2. The summed E-state index contributed by atoms with van der Waals surface area (Å²) in [5, 5.41) is 21.9. The molecule has 312 valence electrons. The van der Waals surface area contributed by atoms with E-state index < -0.39 is 33.4 Å². The van der Waals surface area contributed by atoms with Gasteiger partial charge in [-0.15, -0.1) is 0 Å². The average molecular weight is 827 g/mol. The second kappa shape index (κ2) is 21.7. The maximum Gasteiger partial charge on any atom is 0.376 e. The number of nitrogens with one attached hydrogen (secondary N) is 2. The molecule has 1 fully saturated rings. The molecule has 1 aliphatic rings. The summed E-state index contributed by atoms with van der Waals surface area (Å²) in [4.78, 5) is 34.9. The van der Waals surface area contributed by atoms with Crippen LogP contribution < -0.4 is 10.0 Å². The molecular formula is C41H47FN2O13S. The van der Waals surface area contributed by atoms with E-state index in [0.29, 0.717) is 85.5 Å². The van der Waals surface area contributed by atoms with E-state index in [0.717, 1.165) is 24.0 Å². The van der Waals surface area contributed by atoms with Crippen LogP contribution in [-0.2, 0) is 55.7 Å². The van der Waals surface area contributed by atoms with Gasteiger partial charge in [-0.3, -0.25) is 9.59 Å². The number of aliphatic carboxylic acids is 1. The number of rotatable bonds is 26. The van der Waals surface area contributed by atoms with Gasteiger partial charge < -0.3 is 43.6 Å². The summed E-state index contributed by atoms with van der Waals surface area (Å²) < 4.78 is 76.1. The van der Waals surface area contributed by atoms with E-state index in [1.807, 2.05) is 6.07 Å². The summed E-state index contributed by atoms with van der Waals surface area (Å²) in [5.41, 5.74) is 3.67. The molecule has 3 aromatic carbocycles. The number of furan rings is 1. The number of ether oxygens (including phenoxy) is 5. The Hall–Kier alpha value is -5.01. The average Bonchev–Trinajstić information content (AvgIpc) is 3.98. The topological polar surface area (TPSA) is 209 Å². The smallest absolute Gasteiger partial charge is 0.376 e. The number of aliphatic hydroxyl groups is 1. The molecule has 0 radical (unpaired) electrons. The van der Waals surface area contributed by atoms with Crippen molar-refractivity contribution in [1.29, 1.82) is 0 Å². The van der Waals surface area contributed by atoms with Crippen LogP contribution in [0.1, 0.15) is 51.4 Å². The van der Waals surface area contributed by atoms with Crippen LogP contribution in [0.3, 0.4) is 0 Å². The summed E-state index contributed by atoms with van der Waals surface area (Å²) in [6.45, 7) is 3.04. The zero-order valence-electron chi connectivity index (χ0n) is 32.0. The Morgan fingerprint density at radius 1 is 0.845 bits per heavy atom. The Morgan fingerprint density at radius 2 is 1.47 bits per heavy atom. The first-order valence-electron chi connectivity index (χ1n) is 18.7. The molecule has 4 N–H and O–H groups in total. The lowest BCUT2D eigenvalue weighted by Crippen LogP contribution is -2.29. The molecule has 17 heteroatoms. The first-order valence-corrected chi connectivity index (χ1v) is 20.3. The SMILES string of the molecule is CNC(=O)c1c(-c2ccc(F)cc2)oc2cc(CS(=O)(=O)NCCOCCOCCOCCOCCOCc3cccc(/C(O)=C/C(=O)C(=O)O)c3)c(C3CC3)cc12. The van der Waals surface area contributed by atoms with Crippen LogP contribution in [0.2, 0.25) is 0 Å². The molecule has 1 amide bonds. The summed E-state index contributed by atoms with van der Waals surface area (Å²) in [5.74, 6) is -3.92. The van der Waals surface area contributed by atoms with E-state index in [1.165, 1.54) is 31.3 Å². The van der Waals surface area contributed by atoms with Crippen LogP contribution >= 0.6 is 0 Å². The zero-order valence-corrected chi connectivity index (χ0v) is 32.8. The van der Waals surface area contributed by atoms with Crippen LogP contribution in [-0.4, -0.2) is 109 Å². The number of amides is 1. The Morgan fingerprint density at radius 3 is 2.07 bits per heavy atom. The Balaban J connectivity index is 0.925. The van der Waals surface area contributed by atoms with Gasteiger partial charge in [0, 0.05) is 36.2 Å². The highest BCUT2D eigenvalue weighted by molar-refractivity contribution is 7.88. The van der Waals surface area contributed by atoms with Gasteiger partial charge in [-0.2, -0.15) is 0 Å². The molecule has 5 rings (SSSR count). The van der Waals surface area contributed by atoms with Gasteiger partial charge in [-0.1, -0.05) is 18.2 Å². The quantitative estimate of drug-likeness (QED) is 0.0293. The highest BCUT2D eigenvalue weighted by atomic mass is 32.2. The molecule has 15 nitrogen and oxygen atoms in total. The molecule has 0 atom stereocenters. The van der Waals surface area contributed by atoms with Gasteiger partial charge in [-0.25, -0.2) is 22.3 Å². The predicted octanol–water partition coefficient (Wildman–Crippen LogP) is 4.73. The first-order chi connectivity index (χ1) is 28.0. The van der Waals surface area contributed by atoms with Crippen LogP contribution in [0.15, 0.2) is 71.2 Å². The van der Waals surface area contributed by atoms with Crippen LogP contribution in [0.5, 0.6) is 0 Å². The van der Waals surface area contributed by atoms with Gasteiger partial charge in [0.1, 0.15) is 22.9 Å². The first kappa shape index (κ1) is 44.1. The van der Waals surface area contributed by atoms with E-state index in [4.69, 9.17) is 33.2 Å². The molecule has 0 saturated heterocycles. The number of fused-ring (bicyclic) bond motifs is 1. The molecule has 0 spiro atoms. The number of halogens is 1. The second-order valence-corrected chi connectivity index (χ2v) is 15.1. The molecule has 58 heavy (non-hydrogen) atoms. The monoisotopic (exact) mass is 826 g/mol. The summed E-state index contributed by atoms with van der Waals surface area (Å²) in [6, 6.07) is 15.7. The summed E-state index contributed by atoms with van der Waals surface area (Å²) >= 11 is 0. The van der Waals surface area contributed by atoms with Crippen molar-refractivity contribution in [2.24, 2.45) is 0 Å². The van der Waals surface area contributed by atoms with E-state index in [9.17, 15) is 32.3 Å². The van der Waals surface area contributed by atoms with E-state index in [-0.39, 0.29) is 49.7 Å². The number of hydrogen-bond donors (Lipinski definition) is 4. The van der Waals surface area contributed by atoms with Gasteiger partial charge in [0.15, 0.2) is 0 Å². The lowest BCUT2D eigenvalue weighted by atomic mass is 9.98. The van der Waals surface area contributed by atoms with Gasteiger partial charge in [0.05, 0.1) is 77.4 Å². The fourth-order valence-electron chi connectivity index (χ4n) is 5.94. The number of carboxylic acids is 1. The van der Waals surface area contributed by atoms with Crippen LogP contribution in [0.4, 0.5) is 4.39 Å². The molecular weight excluding hydrogens is 780 g/mol. The summed E-state index contributed by atoms with van der Waals surface area (Å²) in [7, 11) is -2.23. The standard InChI is InChI=1S/C41H47FN2O13S/c1-43-40(47)38-34-23-33(28-5-6-28)31(22-37(34)57-39(38)29-7-9-32(42)10-8-29)26-58(50,51)44-11-12-52-13-14-53-15-16-54-17-18-55-19-20-56-25-27-3-2-4-30(21-27)35(45)24-36(46)41(48)49/h2-4,7-10,21-24,28,44-45H,5-6,11-20,25-26H2,1H3,(H,43,47)(H,48,49)/b35-24-. The Labute approximate surface area is 335 Å². The molecule has 0 aliphatic heterocycles. The maximum absolute atomic E-state index is 13.6. The number of benzene rings is 3. The van der Waals surface area contributed by atoms with Crippen molar-refractivity contribution < 1.29 is 65.5 Å². The fraction of sp³-hybridized carbons (Fsp3) is 0.390. The minimum Gasteiger partial charge on any atom is -0.507 e. The number of aliphatic hydroxyl groups excluding tert-OH is 1. The fourth-order valence-corrected chi connectivity index (χ4v) is 7.10. The summed E-state index contributed by atoms with van der Waals surface area (Å²) in [6.07, 6.45) is 2.48. The third-order valence-electron chi connectivity index (χ3n) is 8.90. The van der Waals surface area contributed by atoms with Gasteiger partial charge in [-0.05, 0) is 77.9 Å². The lowest BCUT2D eigenvalue weighted by molar-refractivity contribution is -0.146. The van der Waals surface area contributed by atoms with E-state index in [1.54, 1.807) is 30.3 Å². The number of carbonyl (C=O) groups excluding carboxylic acids is 2. The lowest BCUT2D eigenvalue weighted by Gasteiger charge is -2.12. The number of hydrogen-bond acceptors (Lipinski definition) is 12. The van der Waals surface area contributed by atoms with Crippen LogP contribution in [0, 0.1) is 5.82 Å². The molecule has 4 aromatic rings. The minimum atomic E-state index is -3.74. The normalized spacial score (nSPS) is 13.2. The highest BCUT2D eigenvalue weighted by Crippen LogP contribution is 2.45. The molecule has 0 bridgehead atoms. The van der Waals surface area contributed by atoms with Gasteiger partial charge in [0.2, 0.25) is 10.0 Å². The highest BCUT2D eigenvalue weighted by Gasteiger charge is 2.31. The predicted molar refractivity (Wildman–Crippen MR) is 210 cm³/mol. The van der Waals surface area contributed by atoms with Crippen molar-refractivity contribution in [1.82, 2.24) is 10.0 Å². The third kappa shape index (κ3) is 13.3. The van der Waals surface area contributed by atoms with E-state index >= 15 is 0 Å². The van der Waals surface area contributed by atoms with Crippen LogP contribution in [0.25, 0.3) is 28.1 Å². The van der Waals surface area contributed by atoms with E-state index in [2.05, 4.69) is 10.0 Å². The largest absolute Gasteiger partial charge is 0.507 e. The minimum absolute atomic E-state index is 0.0719. The maximum atomic E-state index is 13.6. The Bertz CT molecular complexity index is 2170. The van der Waals surface area contributed by atoms with Crippen molar-refractivity contribution in [2.45, 2.75) is 31.1 Å². The van der Waals surface area contributed by atoms with Crippen molar-refractivity contribution in [3.05, 3.63) is 100 Å². The second-order valence-electron chi connectivity index (χ2n) is 13.3. The van der Waals surface area contributed by atoms with Crippen molar-refractivity contribution >= 4 is 44.4 Å². The van der Waals surface area contributed by atoms with Gasteiger partial charge >= 0.3 is 5.97 Å². The van der Waals surface area contributed by atoms with Crippen molar-refractivity contribution in [3.63, 3.8) is 0 Å². The molecule has 1 aliphatic carbocycles. The van der Waals surface area contributed by atoms with Crippen molar-refractivity contribution in [3.8, 4) is 11.3 Å². The number of ketones is 1. The number of carbonyl (C=O) groups is 3. The zero-order chi connectivity index (χ0) is 41.5.